The maximum Gasteiger partial charge on any atom is 0.233 e. The third-order valence-electron chi connectivity index (χ3n) is 3.31. The Balaban J connectivity index is 1.63. The number of rotatable bonds is 5. The molecule has 4 nitrogen and oxygen atoms in total. The van der Waals surface area contributed by atoms with Crippen molar-refractivity contribution in [1.82, 2.24) is 4.98 Å². The molecule has 0 atom stereocenters. The molecule has 0 bridgehead atoms. The highest BCUT2D eigenvalue weighted by atomic mass is 35.5. The molecule has 0 aliphatic carbocycles. The maximum atomic E-state index is 12.0. The van der Waals surface area contributed by atoms with Crippen LogP contribution in [-0.2, 0) is 4.79 Å². The van der Waals surface area contributed by atoms with Gasteiger partial charge in [-0.3, -0.25) is 9.59 Å². The number of carbonyl (C=O) groups excluding carboxylic acids is 2. The van der Waals surface area contributed by atoms with Crippen LogP contribution < -0.4 is 5.32 Å². The van der Waals surface area contributed by atoms with E-state index in [9.17, 15) is 9.59 Å². The van der Waals surface area contributed by atoms with Crippen LogP contribution in [0.4, 0.5) is 5.13 Å². The van der Waals surface area contributed by atoms with Gasteiger partial charge in [0.25, 0.3) is 0 Å². The summed E-state index contributed by atoms with van der Waals surface area (Å²) in [5, 5.41) is 5.63. The third kappa shape index (κ3) is 4.07. The Labute approximate surface area is 148 Å². The highest BCUT2D eigenvalue weighted by Gasteiger charge is 2.13. The van der Waals surface area contributed by atoms with E-state index in [0.717, 1.165) is 11.3 Å². The van der Waals surface area contributed by atoms with Gasteiger partial charge in [-0.2, -0.15) is 0 Å². The normalized spacial score (nSPS) is 10.4. The van der Waals surface area contributed by atoms with E-state index in [1.165, 1.54) is 11.3 Å². The molecule has 6 heteroatoms. The monoisotopic (exact) mass is 356 g/mol. The van der Waals surface area contributed by atoms with Gasteiger partial charge in [-0.05, 0) is 12.1 Å². The van der Waals surface area contributed by atoms with Crippen LogP contribution in [0.5, 0.6) is 0 Å². The molecule has 0 aliphatic rings. The lowest BCUT2D eigenvalue weighted by atomic mass is 10.1. The largest absolute Gasteiger partial charge is 0.302 e. The summed E-state index contributed by atoms with van der Waals surface area (Å²) in [4.78, 5) is 28.4. The van der Waals surface area contributed by atoms with E-state index in [4.69, 9.17) is 11.6 Å². The zero-order chi connectivity index (χ0) is 16.9. The summed E-state index contributed by atoms with van der Waals surface area (Å²) < 4.78 is 0. The van der Waals surface area contributed by atoms with E-state index in [-0.39, 0.29) is 18.1 Å². The number of thiazole rings is 1. The summed E-state index contributed by atoms with van der Waals surface area (Å²) in [5.41, 5.74) is 2.19. The first-order chi connectivity index (χ1) is 11.6. The number of hydrogen-bond acceptors (Lipinski definition) is 4. The lowest BCUT2D eigenvalue weighted by molar-refractivity contribution is -0.115. The van der Waals surface area contributed by atoms with E-state index in [1.807, 2.05) is 23.6 Å². The molecular weight excluding hydrogens is 344 g/mol. The predicted molar refractivity (Wildman–Crippen MR) is 96.6 cm³/mol. The molecule has 0 saturated heterocycles. The van der Waals surface area contributed by atoms with Gasteiger partial charge in [-0.1, -0.05) is 54.1 Å². The van der Waals surface area contributed by atoms with Gasteiger partial charge >= 0.3 is 0 Å². The van der Waals surface area contributed by atoms with Crippen LogP contribution in [0, 0.1) is 0 Å². The lowest BCUT2D eigenvalue weighted by Crippen LogP contribution is -2.16. The van der Waals surface area contributed by atoms with Crippen LogP contribution in [0.25, 0.3) is 11.3 Å². The molecule has 3 rings (SSSR count). The predicted octanol–water partition coefficient (Wildman–Crippen LogP) is 4.68. The first kappa shape index (κ1) is 16.4. The standard InChI is InChI=1S/C18H13ClN2O2S/c19-14-8-6-12(7-9-14)15-11-24-18(20-15)21-17(23)10-16(22)13-4-2-1-3-5-13/h1-9,11H,10H2,(H,20,21,23). The van der Waals surface area contributed by atoms with Crippen molar-refractivity contribution < 1.29 is 9.59 Å². The van der Waals surface area contributed by atoms with Gasteiger partial charge in [0.05, 0.1) is 12.1 Å². The number of amides is 1. The fourth-order valence-corrected chi connectivity index (χ4v) is 2.98. The van der Waals surface area contributed by atoms with E-state index in [0.29, 0.717) is 15.7 Å². The molecule has 120 valence electrons. The number of nitrogens with one attached hydrogen (secondary N) is 1. The number of nitrogens with zero attached hydrogens (tertiary/aromatic N) is 1. The molecule has 1 N–H and O–H groups in total. The van der Waals surface area contributed by atoms with E-state index in [1.54, 1.807) is 36.4 Å². The Bertz CT molecular complexity index is 860. The summed E-state index contributed by atoms with van der Waals surface area (Å²) in [6, 6.07) is 16.0. The quantitative estimate of drug-likeness (QED) is 0.533. The van der Waals surface area contributed by atoms with Gasteiger partial charge in [-0.25, -0.2) is 4.98 Å². The highest BCUT2D eigenvalue weighted by molar-refractivity contribution is 7.14. The molecule has 0 aliphatic heterocycles. The molecule has 0 fully saturated rings. The summed E-state index contributed by atoms with van der Waals surface area (Å²) in [5.74, 6) is -0.594. The van der Waals surface area contributed by atoms with Crippen molar-refractivity contribution in [3.05, 3.63) is 70.6 Å². The minimum atomic E-state index is -0.374. The maximum absolute atomic E-state index is 12.0. The van der Waals surface area contributed by atoms with Crippen LogP contribution in [0.15, 0.2) is 60.0 Å². The summed E-state index contributed by atoms with van der Waals surface area (Å²) in [6.07, 6.45) is -0.208. The van der Waals surface area contributed by atoms with Crippen molar-refractivity contribution >= 4 is 39.8 Å². The van der Waals surface area contributed by atoms with Crippen LogP contribution in [0.2, 0.25) is 5.02 Å². The number of aromatic nitrogens is 1. The molecular formula is C18H13ClN2O2S. The molecule has 1 heterocycles. The van der Waals surface area contributed by atoms with Crippen LogP contribution in [0.1, 0.15) is 16.8 Å². The molecule has 1 amide bonds. The number of benzene rings is 2. The van der Waals surface area contributed by atoms with Crippen molar-refractivity contribution in [3.63, 3.8) is 0 Å². The molecule has 3 aromatic rings. The summed E-state index contributed by atoms with van der Waals surface area (Å²) in [6.45, 7) is 0. The topological polar surface area (TPSA) is 59.1 Å². The number of anilines is 1. The Morgan fingerprint density at radius 1 is 1.04 bits per heavy atom. The Morgan fingerprint density at radius 2 is 1.75 bits per heavy atom. The number of halogens is 1. The number of ketones is 1. The minimum Gasteiger partial charge on any atom is -0.302 e. The Morgan fingerprint density at radius 3 is 2.46 bits per heavy atom. The Kier molecular flexibility index (Phi) is 5.03. The zero-order valence-electron chi connectivity index (χ0n) is 12.5. The van der Waals surface area contributed by atoms with Crippen LogP contribution >= 0.6 is 22.9 Å². The molecule has 1 aromatic heterocycles. The third-order valence-corrected chi connectivity index (χ3v) is 4.32. The Hall–Kier alpha value is -2.50. The van der Waals surface area contributed by atoms with Crippen molar-refractivity contribution in [3.8, 4) is 11.3 Å². The van der Waals surface area contributed by atoms with Crippen molar-refractivity contribution in [1.29, 1.82) is 0 Å². The second-order valence-corrected chi connectivity index (χ2v) is 6.35. The average Bonchev–Trinajstić information content (AvgIpc) is 3.04. The molecule has 0 saturated carbocycles. The molecule has 24 heavy (non-hydrogen) atoms. The smallest absolute Gasteiger partial charge is 0.233 e. The fraction of sp³-hybridized carbons (Fsp3) is 0.0556. The van der Waals surface area contributed by atoms with Crippen LogP contribution in [0.3, 0.4) is 0 Å². The van der Waals surface area contributed by atoms with E-state index in [2.05, 4.69) is 10.3 Å². The SMILES string of the molecule is O=C(CC(=O)c1ccccc1)Nc1nc(-c2ccc(Cl)cc2)cs1. The van der Waals surface area contributed by atoms with E-state index >= 15 is 0 Å². The first-order valence-electron chi connectivity index (χ1n) is 7.21. The fourth-order valence-electron chi connectivity index (χ4n) is 2.12. The molecule has 0 spiro atoms. The van der Waals surface area contributed by atoms with Crippen molar-refractivity contribution in [2.24, 2.45) is 0 Å². The number of Topliss-reactive ketones (excluding diaryl/α,β-unsaturated/α-hetero) is 1. The zero-order valence-corrected chi connectivity index (χ0v) is 14.1. The molecule has 0 radical (unpaired) electrons. The minimum absolute atomic E-state index is 0.208. The van der Waals surface area contributed by atoms with Crippen molar-refractivity contribution in [2.45, 2.75) is 6.42 Å². The van der Waals surface area contributed by atoms with Gasteiger partial charge in [0.15, 0.2) is 10.9 Å². The van der Waals surface area contributed by atoms with Gasteiger partial charge in [-0.15, -0.1) is 11.3 Å². The molecule has 0 unspecified atom stereocenters. The summed E-state index contributed by atoms with van der Waals surface area (Å²) in [7, 11) is 0. The lowest BCUT2D eigenvalue weighted by Gasteiger charge is -2.01. The second kappa shape index (κ2) is 7.38. The molecule has 2 aromatic carbocycles. The van der Waals surface area contributed by atoms with Crippen molar-refractivity contribution in [2.75, 3.05) is 5.32 Å². The van der Waals surface area contributed by atoms with E-state index < -0.39 is 0 Å². The van der Waals surface area contributed by atoms with Crippen LogP contribution in [-0.4, -0.2) is 16.7 Å². The second-order valence-electron chi connectivity index (χ2n) is 5.06. The average molecular weight is 357 g/mol. The number of hydrogen-bond donors (Lipinski definition) is 1. The first-order valence-corrected chi connectivity index (χ1v) is 8.47. The van der Waals surface area contributed by atoms with Gasteiger partial charge in [0.2, 0.25) is 5.91 Å². The number of carbonyl (C=O) groups is 2. The van der Waals surface area contributed by atoms with Gasteiger partial charge < -0.3 is 5.32 Å². The highest BCUT2D eigenvalue weighted by Crippen LogP contribution is 2.26. The van der Waals surface area contributed by atoms with Gasteiger partial charge in [0.1, 0.15) is 0 Å². The van der Waals surface area contributed by atoms with Gasteiger partial charge in [0, 0.05) is 21.5 Å². The summed E-state index contributed by atoms with van der Waals surface area (Å²) >= 11 is 7.18.